The minimum absolute atomic E-state index is 0.0980. The van der Waals surface area contributed by atoms with Gasteiger partial charge in [0.1, 0.15) is 4.83 Å². The summed E-state index contributed by atoms with van der Waals surface area (Å²) < 4.78 is 4.74. The lowest BCUT2D eigenvalue weighted by Gasteiger charge is -2.09. The van der Waals surface area contributed by atoms with E-state index in [0.29, 0.717) is 44.0 Å². The molecule has 0 aliphatic heterocycles. The summed E-state index contributed by atoms with van der Waals surface area (Å²) in [5.74, 6) is 0.0203. The number of nitrogens with one attached hydrogen (secondary N) is 1. The van der Waals surface area contributed by atoms with E-state index in [-0.39, 0.29) is 5.78 Å². The molecule has 1 aliphatic carbocycles. The van der Waals surface area contributed by atoms with Crippen LogP contribution in [0.2, 0.25) is 0 Å². The molecule has 138 valence electrons. The van der Waals surface area contributed by atoms with E-state index in [1.807, 2.05) is 0 Å². The number of hydrogen-bond donors (Lipinski definition) is 2. The number of ketones is 1. The average Bonchev–Trinajstić information content (AvgIpc) is 3.41. The summed E-state index contributed by atoms with van der Waals surface area (Å²) in [5, 5.41) is 3.96. The summed E-state index contributed by atoms with van der Waals surface area (Å²) in [4.78, 5) is 34.0. The third kappa shape index (κ3) is 3.23. The Balaban J connectivity index is 1.88. The molecule has 27 heavy (non-hydrogen) atoms. The fraction of sp³-hybridized carbons (Fsp3) is 0.263. The van der Waals surface area contributed by atoms with Crippen LogP contribution in [0.25, 0.3) is 21.5 Å². The lowest BCUT2D eigenvalue weighted by molar-refractivity contribution is 0.0600. The third-order valence-electron chi connectivity index (χ3n) is 4.40. The van der Waals surface area contributed by atoms with Crippen molar-refractivity contribution in [2.75, 3.05) is 18.2 Å². The van der Waals surface area contributed by atoms with Gasteiger partial charge in [-0.3, -0.25) is 4.79 Å². The molecule has 7 nitrogen and oxygen atoms in total. The maximum atomic E-state index is 11.9. The Kier molecular flexibility index (Phi) is 4.27. The second kappa shape index (κ2) is 6.62. The Morgan fingerprint density at radius 2 is 1.93 bits per heavy atom. The number of carbonyl (C=O) groups excluding carboxylic acids is 2. The number of benzene rings is 1. The van der Waals surface area contributed by atoms with Crippen LogP contribution in [-0.2, 0) is 4.74 Å². The smallest absolute Gasteiger partial charge is 0.337 e. The van der Waals surface area contributed by atoms with E-state index in [9.17, 15) is 9.59 Å². The molecule has 0 radical (unpaired) electrons. The molecule has 1 saturated carbocycles. The summed E-state index contributed by atoms with van der Waals surface area (Å²) >= 11 is 1.27. The molecule has 0 amide bonds. The quantitative estimate of drug-likeness (QED) is 0.513. The molecule has 1 aliphatic rings. The number of anilines is 2. The van der Waals surface area contributed by atoms with Gasteiger partial charge in [0.15, 0.2) is 5.78 Å². The topological polar surface area (TPSA) is 107 Å². The molecule has 0 atom stereocenters. The van der Waals surface area contributed by atoms with Crippen molar-refractivity contribution < 1.29 is 14.3 Å². The molecular formula is C19H18N4O3S. The number of ether oxygens (including phenoxy) is 1. The van der Waals surface area contributed by atoms with Crippen LogP contribution in [0.4, 0.5) is 11.6 Å². The van der Waals surface area contributed by atoms with Crippen LogP contribution in [-0.4, -0.2) is 34.9 Å². The number of rotatable bonds is 5. The van der Waals surface area contributed by atoms with Crippen molar-refractivity contribution >= 4 is 44.9 Å². The lowest BCUT2D eigenvalue weighted by Crippen LogP contribution is -2.06. The number of carbonyl (C=O) groups is 2. The number of nitrogen functional groups attached to an aromatic ring is 1. The van der Waals surface area contributed by atoms with Crippen molar-refractivity contribution in [1.82, 2.24) is 9.97 Å². The van der Waals surface area contributed by atoms with E-state index in [2.05, 4.69) is 15.3 Å². The zero-order valence-electron chi connectivity index (χ0n) is 14.9. The highest BCUT2D eigenvalue weighted by molar-refractivity contribution is 7.21. The fourth-order valence-corrected chi connectivity index (χ4v) is 3.84. The van der Waals surface area contributed by atoms with Gasteiger partial charge >= 0.3 is 5.97 Å². The predicted molar refractivity (Wildman–Crippen MR) is 105 cm³/mol. The Hall–Kier alpha value is -3.00. The van der Waals surface area contributed by atoms with Crippen molar-refractivity contribution in [3.63, 3.8) is 0 Å². The minimum atomic E-state index is -0.403. The van der Waals surface area contributed by atoms with Gasteiger partial charge in [0.25, 0.3) is 0 Å². The highest BCUT2D eigenvalue weighted by Crippen LogP contribution is 2.39. The molecule has 1 fully saturated rings. The monoisotopic (exact) mass is 382 g/mol. The molecule has 0 bridgehead atoms. The molecule has 3 aromatic rings. The first kappa shape index (κ1) is 17.4. The third-order valence-corrected chi connectivity index (χ3v) is 5.60. The number of nitrogens with zero attached hydrogens (tertiary/aromatic N) is 2. The number of esters is 1. The molecule has 0 spiro atoms. The molecule has 0 unspecified atom stereocenters. The predicted octanol–water partition coefficient (Wildman–Crippen LogP) is 3.50. The van der Waals surface area contributed by atoms with E-state index in [0.717, 1.165) is 18.4 Å². The first-order valence-electron chi connectivity index (χ1n) is 8.54. The molecule has 8 heteroatoms. The number of aromatic nitrogens is 2. The maximum Gasteiger partial charge on any atom is 0.337 e. The number of fused-ring (bicyclic) bond motifs is 1. The van der Waals surface area contributed by atoms with Gasteiger partial charge < -0.3 is 15.8 Å². The van der Waals surface area contributed by atoms with Crippen LogP contribution >= 0.6 is 11.3 Å². The Morgan fingerprint density at radius 1 is 1.22 bits per heavy atom. The van der Waals surface area contributed by atoms with Gasteiger partial charge in [0, 0.05) is 18.5 Å². The van der Waals surface area contributed by atoms with Crippen LogP contribution < -0.4 is 11.1 Å². The van der Waals surface area contributed by atoms with Gasteiger partial charge in [-0.2, -0.15) is 0 Å². The highest BCUT2D eigenvalue weighted by Gasteiger charge is 2.25. The minimum Gasteiger partial charge on any atom is -0.465 e. The number of nitrogens with two attached hydrogens (primary N) is 1. The van der Waals surface area contributed by atoms with Gasteiger partial charge in [0.05, 0.1) is 34.3 Å². The van der Waals surface area contributed by atoms with Crippen LogP contribution in [0.3, 0.4) is 0 Å². The average molecular weight is 382 g/mol. The zero-order valence-corrected chi connectivity index (χ0v) is 15.7. The summed E-state index contributed by atoms with van der Waals surface area (Å²) in [6, 6.07) is 7.33. The molecule has 1 aromatic carbocycles. The first-order valence-corrected chi connectivity index (χ1v) is 9.36. The number of methoxy groups -OCH3 is 1. The lowest BCUT2D eigenvalue weighted by atomic mass is 10.1. The summed E-state index contributed by atoms with van der Waals surface area (Å²) in [7, 11) is 1.34. The van der Waals surface area contributed by atoms with Crippen molar-refractivity contribution in [3.05, 3.63) is 34.7 Å². The second-order valence-electron chi connectivity index (χ2n) is 6.46. The van der Waals surface area contributed by atoms with Gasteiger partial charge in [-0.15, -0.1) is 11.3 Å². The number of hydrogen-bond acceptors (Lipinski definition) is 8. The van der Waals surface area contributed by atoms with E-state index in [1.165, 1.54) is 25.4 Å². The van der Waals surface area contributed by atoms with Crippen molar-refractivity contribution in [2.24, 2.45) is 0 Å². The normalized spacial score (nSPS) is 13.6. The summed E-state index contributed by atoms with van der Waals surface area (Å²) in [6.07, 6.45) is 2.19. The SMILES string of the molecule is COC(=O)c1ccc(-c2nc(NC3CC3)nc3sc(C(C)=O)c(N)c23)cc1. The van der Waals surface area contributed by atoms with E-state index < -0.39 is 5.97 Å². The molecule has 0 saturated heterocycles. The number of thiophene rings is 1. The molecule has 2 heterocycles. The van der Waals surface area contributed by atoms with Crippen LogP contribution in [0.1, 0.15) is 39.8 Å². The van der Waals surface area contributed by atoms with E-state index >= 15 is 0 Å². The van der Waals surface area contributed by atoms with E-state index in [1.54, 1.807) is 24.3 Å². The Morgan fingerprint density at radius 3 is 2.52 bits per heavy atom. The fourth-order valence-electron chi connectivity index (χ4n) is 2.85. The second-order valence-corrected chi connectivity index (χ2v) is 7.46. The Bertz CT molecular complexity index is 1050. The first-order chi connectivity index (χ1) is 13.0. The molecule has 4 rings (SSSR count). The van der Waals surface area contributed by atoms with E-state index in [4.69, 9.17) is 10.5 Å². The van der Waals surface area contributed by atoms with Gasteiger partial charge in [0.2, 0.25) is 5.95 Å². The van der Waals surface area contributed by atoms with Crippen LogP contribution in [0.15, 0.2) is 24.3 Å². The molecule has 3 N–H and O–H groups in total. The van der Waals surface area contributed by atoms with Gasteiger partial charge in [-0.05, 0) is 25.0 Å². The van der Waals surface area contributed by atoms with Crippen molar-refractivity contribution in [3.8, 4) is 11.3 Å². The molecular weight excluding hydrogens is 364 g/mol. The number of Topliss-reactive ketones (excluding diaryl/α,β-unsaturated/α-hetero) is 1. The Labute approximate surface area is 159 Å². The van der Waals surface area contributed by atoms with Crippen LogP contribution in [0.5, 0.6) is 0 Å². The zero-order chi connectivity index (χ0) is 19.1. The largest absolute Gasteiger partial charge is 0.465 e. The molecule has 2 aromatic heterocycles. The van der Waals surface area contributed by atoms with Crippen molar-refractivity contribution in [1.29, 1.82) is 0 Å². The maximum absolute atomic E-state index is 11.9. The van der Waals surface area contributed by atoms with Crippen molar-refractivity contribution in [2.45, 2.75) is 25.8 Å². The highest BCUT2D eigenvalue weighted by atomic mass is 32.1. The van der Waals surface area contributed by atoms with Crippen LogP contribution in [0, 0.1) is 0 Å². The van der Waals surface area contributed by atoms with Gasteiger partial charge in [-0.25, -0.2) is 14.8 Å². The standard InChI is InChI=1S/C19H18N4O3S/c1-9(24)16-14(20)13-15(10-3-5-11(6-4-10)18(25)26-2)22-19(21-12-7-8-12)23-17(13)27-16/h3-6,12H,7-8,20H2,1-2H3,(H,21,22,23). The summed E-state index contributed by atoms with van der Waals surface area (Å²) in [6.45, 7) is 1.49. The summed E-state index contributed by atoms with van der Waals surface area (Å²) in [5.41, 5.74) is 8.53. The van der Waals surface area contributed by atoms with Gasteiger partial charge in [-0.1, -0.05) is 12.1 Å².